The zero-order valence-corrected chi connectivity index (χ0v) is 16.5. The molecular formula is C23H25N5O. The molecule has 0 spiro atoms. The van der Waals surface area contributed by atoms with Gasteiger partial charge in [-0.15, -0.1) is 0 Å². The van der Waals surface area contributed by atoms with E-state index in [0.29, 0.717) is 5.82 Å². The summed E-state index contributed by atoms with van der Waals surface area (Å²) in [7, 11) is 0. The molecule has 1 unspecified atom stereocenters. The third-order valence-corrected chi connectivity index (χ3v) is 5.14. The first-order chi connectivity index (χ1) is 14.2. The molecule has 3 aromatic rings. The van der Waals surface area contributed by atoms with Crippen LogP contribution >= 0.6 is 0 Å². The molecule has 1 aromatic heterocycles. The molecular weight excluding hydrogens is 362 g/mol. The highest BCUT2D eigenvalue weighted by Crippen LogP contribution is 2.22. The molecule has 2 aromatic carbocycles. The summed E-state index contributed by atoms with van der Waals surface area (Å²) >= 11 is 0. The Morgan fingerprint density at radius 3 is 2.34 bits per heavy atom. The molecule has 0 bridgehead atoms. The minimum absolute atomic E-state index is 0.0966. The standard InChI is InChI=1S/C23H25N5O/c1-17(18-7-3-2-4-8-18)26-22-16-24-21(15-25-22)23(29)27-19-9-11-20(12-10-19)28-13-5-6-14-28/h2-4,7-12,15-17H,5-6,13-14H2,1H3,(H,25,26)(H,27,29). The SMILES string of the molecule is CC(Nc1cnc(C(=O)Nc2ccc(N3CCCC3)cc2)cn1)c1ccccc1. The van der Waals surface area contributed by atoms with Gasteiger partial charge in [0.05, 0.1) is 12.4 Å². The van der Waals surface area contributed by atoms with Gasteiger partial charge in [-0.2, -0.15) is 0 Å². The lowest BCUT2D eigenvalue weighted by Crippen LogP contribution is -2.18. The topological polar surface area (TPSA) is 70.2 Å². The van der Waals surface area contributed by atoms with Gasteiger partial charge in [-0.25, -0.2) is 9.97 Å². The van der Waals surface area contributed by atoms with Crippen molar-refractivity contribution in [1.82, 2.24) is 9.97 Å². The molecule has 1 atom stereocenters. The number of anilines is 3. The fourth-order valence-corrected chi connectivity index (χ4v) is 3.49. The number of amides is 1. The van der Waals surface area contributed by atoms with E-state index in [0.717, 1.165) is 24.3 Å². The zero-order chi connectivity index (χ0) is 20.1. The molecule has 1 amide bonds. The van der Waals surface area contributed by atoms with E-state index in [4.69, 9.17) is 0 Å². The number of hydrogen-bond donors (Lipinski definition) is 2. The number of benzene rings is 2. The Morgan fingerprint density at radius 1 is 0.966 bits per heavy atom. The molecule has 1 aliphatic rings. The summed E-state index contributed by atoms with van der Waals surface area (Å²) in [6.07, 6.45) is 5.57. The molecule has 1 fully saturated rings. The van der Waals surface area contributed by atoms with Crippen molar-refractivity contribution in [2.45, 2.75) is 25.8 Å². The maximum absolute atomic E-state index is 12.5. The number of carbonyl (C=O) groups is 1. The molecule has 6 heteroatoms. The van der Waals surface area contributed by atoms with Crippen LogP contribution in [0.3, 0.4) is 0 Å². The summed E-state index contributed by atoms with van der Waals surface area (Å²) in [4.78, 5) is 23.4. The van der Waals surface area contributed by atoms with E-state index in [9.17, 15) is 4.79 Å². The maximum Gasteiger partial charge on any atom is 0.275 e. The molecule has 0 radical (unpaired) electrons. The van der Waals surface area contributed by atoms with E-state index in [1.54, 1.807) is 6.20 Å². The van der Waals surface area contributed by atoms with E-state index >= 15 is 0 Å². The van der Waals surface area contributed by atoms with Gasteiger partial charge >= 0.3 is 0 Å². The summed E-state index contributed by atoms with van der Waals surface area (Å²) in [5.74, 6) is 0.363. The Bertz CT molecular complexity index is 935. The highest BCUT2D eigenvalue weighted by Gasteiger charge is 2.13. The normalized spacial score (nSPS) is 14.4. The van der Waals surface area contributed by atoms with Crippen LogP contribution in [0.15, 0.2) is 67.0 Å². The highest BCUT2D eigenvalue weighted by molar-refractivity contribution is 6.02. The van der Waals surface area contributed by atoms with Crippen LogP contribution in [0.1, 0.15) is 41.9 Å². The molecule has 4 rings (SSSR count). The van der Waals surface area contributed by atoms with Crippen LogP contribution in [0.25, 0.3) is 0 Å². The third-order valence-electron chi connectivity index (χ3n) is 5.14. The molecule has 2 heterocycles. The predicted molar refractivity (Wildman–Crippen MR) is 116 cm³/mol. The minimum atomic E-state index is -0.269. The monoisotopic (exact) mass is 387 g/mol. The summed E-state index contributed by atoms with van der Waals surface area (Å²) < 4.78 is 0. The summed E-state index contributed by atoms with van der Waals surface area (Å²) in [6.45, 7) is 4.26. The third kappa shape index (κ3) is 4.71. The lowest BCUT2D eigenvalue weighted by atomic mass is 10.1. The van der Waals surface area contributed by atoms with Crippen molar-refractivity contribution in [2.24, 2.45) is 0 Å². The quantitative estimate of drug-likeness (QED) is 0.652. The zero-order valence-electron chi connectivity index (χ0n) is 16.5. The van der Waals surface area contributed by atoms with Crippen LogP contribution in [0.2, 0.25) is 0 Å². The van der Waals surface area contributed by atoms with Gasteiger partial charge in [0.15, 0.2) is 0 Å². The van der Waals surface area contributed by atoms with E-state index in [1.807, 2.05) is 42.5 Å². The highest BCUT2D eigenvalue weighted by atomic mass is 16.1. The molecule has 1 saturated heterocycles. The Balaban J connectivity index is 1.35. The van der Waals surface area contributed by atoms with Crippen molar-refractivity contribution in [1.29, 1.82) is 0 Å². The molecule has 148 valence electrons. The first-order valence-electron chi connectivity index (χ1n) is 9.99. The van der Waals surface area contributed by atoms with E-state index in [-0.39, 0.29) is 17.6 Å². The van der Waals surface area contributed by atoms with Crippen molar-refractivity contribution in [2.75, 3.05) is 28.6 Å². The van der Waals surface area contributed by atoms with Crippen molar-refractivity contribution >= 4 is 23.1 Å². The average Bonchev–Trinajstić information content (AvgIpc) is 3.30. The van der Waals surface area contributed by atoms with Crippen LogP contribution in [0.4, 0.5) is 17.2 Å². The molecule has 2 N–H and O–H groups in total. The van der Waals surface area contributed by atoms with Gasteiger partial charge in [0.1, 0.15) is 11.5 Å². The lowest BCUT2D eigenvalue weighted by Gasteiger charge is -2.17. The number of nitrogens with zero attached hydrogens (tertiary/aromatic N) is 3. The second kappa shape index (κ2) is 8.73. The van der Waals surface area contributed by atoms with E-state index < -0.39 is 0 Å². The Hall–Kier alpha value is -3.41. The van der Waals surface area contributed by atoms with Crippen LogP contribution in [0, 0.1) is 0 Å². The van der Waals surface area contributed by atoms with Crippen molar-refractivity contribution < 1.29 is 4.79 Å². The van der Waals surface area contributed by atoms with Crippen molar-refractivity contribution in [3.05, 3.63) is 78.2 Å². The van der Waals surface area contributed by atoms with E-state index in [2.05, 4.69) is 44.6 Å². The number of nitrogens with one attached hydrogen (secondary N) is 2. The number of hydrogen-bond acceptors (Lipinski definition) is 5. The second-order valence-electron chi connectivity index (χ2n) is 7.26. The maximum atomic E-state index is 12.5. The first kappa shape index (κ1) is 18.9. The van der Waals surface area contributed by atoms with Crippen LogP contribution in [-0.2, 0) is 0 Å². The van der Waals surface area contributed by atoms with Gasteiger partial charge in [0, 0.05) is 30.5 Å². The first-order valence-corrected chi connectivity index (χ1v) is 9.99. The van der Waals surface area contributed by atoms with Gasteiger partial charge in [-0.3, -0.25) is 4.79 Å². The summed E-state index contributed by atoms with van der Waals surface area (Å²) in [5.41, 5.74) is 3.39. The van der Waals surface area contributed by atoms with E-state index in [1.165, 1.54) is 24.7 Å². The molecule has 0 saturated carbocycles. The molecule has 0 aliphatic carbocycles. The van der Waals surface area contributed by atoms with Gasteiger partial charge < -0.3 is 15.5 Å². The number of rotatable bonds is 6. The van der Waals surface area contributed by atoms with Crippen LogP contribution in [0.5, 0.6) is 0 Å². The largest absolute Gasteiger partial charge is 0.372 e. The smallest absolute Gasteiger partial charge is 0.275 e. The van der Waals surface area contributed by atoms with Crippen molar-refractivity contribution in [3.8, 4) is 0 Å². The molecule has 1 aliphatic heterocycles. The van der Waals surface area contributed by atoms with Crippen LogP contribution < -0.4 is 15.5 Å². The molecule has 29 heavy (non-hydrogen) atoms. The number of carbonyl (C=O) groups excluding carboxylic acids is 1. The van der Waals surface area contributed by atoms with Crippen LogP contribution in [-0.4, -0.2) is 29.0 Å². The lowest BCUT2D eigenvalue weighted by molar-refractivity contribution is 0.102. The summed E-state index contributed by atoms with van der Waals surface area (Å²) in [6, 6.07) is 18.2. The number of aromatic nitrogens is 2. The second-order valence-corrected chi connectivity index (χ2v) is 7.26. The average molecular weight is 387 g/mol. The fourth-order valence-electron chi connectivity index (χ4n) is 3.49. The minimum Gasteiger partial charge on any atom is -0.372 e. The fraction of sp³-hybridized carbons (Fsp3) is 0.261. The summed E-state index contributed by atoms with van der Waals surface area (Å²) in [5, 5.41) is 6.18. The van der Waals surface area contributed by atoms with Gasteiger partial charge in [0.25, 0.3) is 5.91 Å². The Labute approximate surface area is 171 Å². The van der Waals surface area contributed by atoms with Gasteiger partial charge in [-0.05, 0) is 49.6 Å². The molecule has 6 nitrogen and oxygen atoms in total. The van der Waals surface area contributed by atoms with Crippen molar-refractivity contribution in [3.63, 3.8) is 0 Å². The Kier molecular flexibility index (Phi) is 5.70. The predicted octanol–water partition coefficient (Wildman–Crippen LogP) is 4.50. The van der Waals surface area contributed by atoms with Gasteiger partial charge in [-0.1, -0.05) is 30.3 Å². The van der Waals surface area contributed by atoms with Gasteiger partial charge in [0.2, 0.25) is 0 Å². The Morgan fingerprint density at radius 2 is 1.69 bits per heavy atom.